The third kappa shape index (κ3) is 5.40. The first-order chi connectivity index (χ1) is 15.1. The lowest BCUT2D eigenvalue weighted by Crippen LogP contribution is -2.04. The minimum Gasteiger partial charge on any atom is -0.495 e. The number of hydrogen-bond donors (Lipinski definition) is 1. The summed E-state index contributed by atoms with van der Waals surface area (Å²) in [5, 5.41) is 14.3. The molecule has 0 atom stereocenters. The Hall–Kier alpha value is -3.66. The average Bonchev–Trinajstić information content (AvgIpc) is 2.82. The van der Waals surface area contributed by atoms with Crippen LogP contribution in [0.25, 0.3) is 26.9 Å². The fraction of sp³-hybridized carbons (Fsp3) is 0.120. The first-order valence-corrected chi connectivity index (χ1v) is 9.80. The van der Waals surface area contributed by atoms with E-state index in [9.17, 15) is 4.79 Å². The molecular formula is C25H22Cl2N4O2. The molecule has 0 aliphatic carbocycles. The van der Waals surface area contributed by atoms with E-state index in [4.69, 9.17) is 22.9 Å². The van der Waals surface area contributed by atoms with E-state index < -0.39 is 0 Å². The van der Waals surface area contributed by atoms with Gasteiger partial charge < -0.3 is 10.1 Å². The summed E-state index contributed by atoms with van der Waals surface area (Å²) in [5.74, 6) is 1.18. The zero-order valence-corrected chi connectivity index (χ0v) is 18.6. The van der Waals surface area contributed by atoms with Crippen molar-refractivity contribution in [3.05, 3.63) is 88.2 Å². The average molecular weight is 481 g/mol. The van der Waals surface area contributed by atoms with Crippen LogP contribution in [0.2, 0.25) is 5.02 Å². The molecule has 0 unspecified atom stereocenters. The van der Waals surface area contributed by atoms with Crippen molar-refractivity contribution in [2.24, 2.45) is 0 Å². The normalized spacial score (nSPS) is 9.85. The number of ether oxygens (including phenoxy) is 1. The van der Waals surface area contributed by atoms with Gasteiger partial charge in [-0.15, -0.1) is 22.6 Å². The zero-order valence-electron chi connectivity index (χ0n) is 17.0. The predicted molar refractivity (Wildman–Crippen MR) is 136 cm³/mol. The number of aromatic nitrogens is 2. The van der Waals surface area contributed by atoms with E-state index in [0.717, 1.165) is 28.2 Å². The van der Waals surface area contributed by atoms with Gasteiger partial charge in [0.2, 0.25) is 0 Å². The summed E-state index contributed by atoms with van der Waals surface area (Å²) in [6.45, 7) is 7.83. The minimum atomic E-state index is 0. The number of anilines is 1. The second-order valence-corrected chi connectivity index (χ2v) is 7.21. The van der Waals surface area contributed by atoms with Gasteiger partial charge in [-0.1, -0.05) is 61.5 Å². The minimum absolute atomic E-state index is 0. The van der Waals surface area contributed by atoms with E-state index in [-0.39, 0.29) is 19.8 Å². The van der Waals surface area contributed by atoms with Gasteiger partial charge in [0.25, 0.3) is 0 Å². The molecule has 4 rings (SSSR count). The number of rotatable bonds is 6. The Morgan fingerprint density at radius 1 is 1.06 bits per heavy atom. The lowest BCUT2D eigenvalue weighted by atomic mass is 10.0. The van der Waals surface area contributed by atoms with E-state index in [1.165, 1.54) is 0 Å². The molecule has 0 saturated carbocycles. The maximum absolute atomic E-state index is 10.9. The Labute approximate surface area is 203 Å². The largest absolute Gasteiger partial charge is 0.495 e. The second-order valence-electron chi connectivity index (χ2n) is 6.80. The number of hydrogen-bond acceptors (Lipinski definition) is 5. The molecule has 6 nitrogen and oxygen atoms in total. The number of aldehydes is 1. The predicted octanol–water partition coefficient (Wildman–Crippen LogP) is 6.99. The Kier molecular flexibility index (Phi) is 8.75. The Morgan fingerprint density at radius 2 is 1.82 bits per heavy atom. The van der Waals surface area contributed by atoms with Crippen molar-refractivity contribution in [3.63, 3.8) is 0 Å². The number of halogens is 2. The van der Waals surface area contributed by atoms with Crippen LogP contribution < -0.4 is 10.1 Å². The Bertz CT molecular complexity index is 1320. The molecule has 0 aliphatic rings. The molecule has 0 radical (unpaired) electrons. The fourth-order valence-electron chi connectivity index (χ4n) is 3.28. The third-order valence-corrected chi connectivity index (χ3v) is 5.18. The topological polar surface area (TPSA) is 68.5 Å². The Morgan fingerprint density at radius 3 is 2.45 bits per heavy atom. The van der Waals surface area contributed by atoms with E-state index in [1.807, 2.05) is 36.4 Å². The monoisotopic (exact) mass is 480 g/mol. The summed E-state index contributed by atoms with van der Waals surface area (Å²) in [5.41, 5.74) is 3.58. The van der Waals surface area contributed by atoms with Crippen molar-refractivity contribution in [2.75, 3.05) is 12.4 Å². The molecule has 0 fully saturated rings. The van der Waals surface area contributed by atoms with Crippen molar-refractivity contribution < 1.29 is 9.53 Å². The number of benzene rings is 3. The third-order valence-electron chi connectivity index (χ3n) is 4.89. The summed E-state index contributed by atoms with van der Waals surface area (Å²) >= 11 is 6.22. The van der Waals surface area contributed by atoms with Gasteiger partial charge in [0.15, 0.2) is 11.5 Å². The highest BCUT2D eigenvalue weighted by molar-refractivity contribution is 6.32. The van der Waals surface area contributed by atoms with Gasteiger partial charge in [-0.05, 0) is 23.8 Å². The first-order valence-electron chi connectivity index (χ1n) is 9.42. The number of nitrogens with zero attached hydrogens (tertiary/aromatic N) is 3. The highest BCUT2D eigenvalue weighted by atomic mass is 35.5. The maximum atomic E-state index is 10.9. The van der Waals surface area contributed by atoms with Crippen LogP contribution in [-0.4, -0.2) is 23.6 Å². The number of carbonyl (C=O) groups is 1. The van der Waals surface area contributed by atoms with Gasteiger partial charge in [0, 0.05) is 28.4 Å². The van der Waals surface area contributed by atoms with Crippen LogP contribution >= 0.6 is 24.0 Å². The van der Waals surface area contributed by atoms with Crippen LogP contribution in [0.1, 0.15) is 23.3 Å². The number of nitrogens with one attached hydrogen (secondary N) is 1. The molecule has 0 amide bonds. The van der Waals surface area contributed by atoms with Crippen molar-refractivity contribution in [1.29, 1.82) is 0 Å². The molecule has 1 N–H and O–H groups in total. The molecule has 0 aliphatic heterocycles. The molecule has 0 saturated heterocycles. The van der Waals surface area contributed by atoms with Gasteiger partial charge in [0.05, 0.1) is 18.7 Å². The van der Waals surface area contributed by atoms with E-state index in [0.29, 0.717) is 40.1 Å². The van der Waals surface area contributed by atoms with E-state index in [1.54, 1.807) is 31.4 Å². The van der Waals surface area contributed by atoms with Crippen LogP contribution in [-0.2, 0) is 6.54 Å². The van der Waals surface area contributed by atoms with Gasteiger partial charge in [-0.3, -0.25) is 4.79 Å². The van der Waals surface area contributed by atoms with Gasteiger partial charge in [0.1, 0.15) is 17.7 Å². The number of methoxy groups -OCH3 is 1. The van der Waals surface area contributed by atoms with Crippen LogP contribution in [0.5, 0.6) is 5.75 Å². The van der Waals surface area contributed by atoms with Gasteiger partial charge in [-0.25, -0.2) is 4.85 Å². The van der Waals surface area contributed by atoms with Gasteiger partial charge in [-0.2, -0.15) is 0 Å². The van der Waals surface area contributed by atoms with Crippen LogP contribution in [0.4, 0.5) is 11.5 Å². The standard InChI is InChI=1S/C24H17ClN4O2.CH4.ClH/c1-26-18-8-9-19-20(12-18)24(27-13-16-5-10-22(31-2)21(25)11-16)29-28-23(19)17-6-3-15(14-30)4-7-17;;/h3-12,14H,13H2,2H3,(H,27,29);1H4;1H. The quantitative estimate of drug-likeness (QED) is 0.237. The van der Waals surface area contributed by atoms with E-state index >= 15 is 0 Å². The van der Waals surface area contributed by atoms with E-state index in [2.05, 4.69) is 20.4 Å². The Balaban J connectivity index is 0.00000193. The zero-order chi connectivity index (χ0) is 21.8. The first kappa shape index (κ1) is 25.6. The maximum Gasteiger partial charge on any atom is 0.188 e. The summed E-state index contributed by atoms with van der Waals surface area (Å²) in [6.07, 6.45) is 0.800. The molecular weight excluding hydrogens is 459 g/mol. The molecule has 3 aromatic carbocycles. The van der Waals surface area contributed by atoms with Crippen molar-refractivity contribution in [2.45, 2.75) is 14.0 Å². The lowest BCUT2D eigenvalue weighted by Gasteiger charge is -2.12. The molecule has 0 spiro atoms. The smallest absolute Gasteiger partial charge is 0.188 e. The molecule has 0 bridgehead atoms. The molecule has 1 aromatic heterocycles. The van der Waals surface area contributed by atoms with Crippen LogP contribution in [0.15, 0.2) is 60.7 Å². The fourth-order valence-corrected chi connectivity index (χ4v) is 3.56. The van der Waals surface area contributed by atoms with Crippen molar-refractivity contribution in [3.8, 4) is 17.0 Å². The van der Waals surface area contributed by atoms with Crippen molar-refractivity contribution in [1.82, 2.24) is 10.2 Å². The molecule has 1 heterocycles. The van der Waals surface area contributed by atoms with Crippen LogP contribution in [0.3, 0.4) is 0 Å². The molecule has 33 heavy (non-hydrogen) atoms. The summed E-state index contributed by atoms with van der Waals surface area (Å²) in [7, 11) is 1.57. The number of carbonyl (C=O) groups excluding carboxylic acids is 1. The molecule has 4 aromatic rings. The van der Waals surface area contributed by atoms with Crippen LogP contribution in [0, 0.1) is 6.57 Å². The van der Waals surface area contributed by atoms with Gasteiger partial charge >= 0.3 is 0 Å². The van der Waals surface area contributed by atoms with Crippen molar-refractivity contribution >= 4 is 52.6 Å². The summed E-state index contributed by atoms with van der Waals surface area (Å²) in [4.78, 5) is 14.5. The SMILES string of the molecule is C.Cl.[C-]#[N+]c1ccc2c(-c3ccc(C=O)cc3)nnc(NCc3ccc(OC)c(Cl)c3)c2c1. The molecule has 8 heteroatoms. The highest BCUT2D eigenvalue weighted by Crippen LogP contribution is 2.33. The lowest BCUT2D eigenvalue weighted by molar-refractivity contribution is 0.112. The molecule has 168 valence electrons. The summed E-state index contributed by atoms with van der Waals surface area (Å²) in [6, 6.07) is 18.1. The number of fused-ring (bicyclic) bond motifs is 1. The second kappa shape index (κ2) is 11.3. The highest BCUT2D eigenvalue weighted by Gasteiger charge is 2.12. The summed E-state index contributed by atoms with van der Waals surface area (Å²) < 4.78 is 5.19.